The summed E-state index contributed by atoms with van der Waals surface area (Å²) in [5.41, 5.74) is 2.22. The third kappa shape index (κ3) is 4.29. The SMILES string of the molecule is CCOC(=O)Cc1nc(-c2ccc(SC)cc2)oc1-c1ccc(Cl)cc1. The molecule has 1 aromatic heterocycles. The molecule has 0 atom stereocenters. The Morgan fingerprint density at radius 3 is 2.38 bits per heavy atom. The minimum absolute atomic E-state index is 0.0538. The number of hydrogen-bond donors (Lipinski definition) is 0. The number of carbonyl (C=O) groups is 1. The van der Waals surface area contributed by atoms with Gasteiger partial charge in [0.25, 0.3) is 0 Å². The minimum Gasteiger partial charge on any atom is -0.466 e. The van der Waals surface area contributed by atoms with Crippen molar-refractivity contribution in [3.8, 4) is 22.8 Å². The normalized spacial score (nSPS) is 10.7. The first-order valence-electron chi connectivity index (χ1n) is 8.16. The molecule has 0 fully saturated rings. The van der Waals surface area contributed by atoms with E-state index in [0.29, 0.717) is 29.0 Å². The van der Waals surface area contributed by atoms with Crippen LogP contribution < -0.4 is 0 Å². The Morgan fingerprint density at radius 1 is 1.12 bits per heavy atom. The number of oxazole rings is 1. The summed E-state index contributed by atoms with van der Waals surface area (Å²) < 4.78 is 11.1. The summed E-state index contributed by atoms with van der Waals surface area (Å²) in [7, 11) is 0. The van der Waals surface area contributed by atoms with Crippen molar-refractivity contribution in [2.45, 2.75) is 18.2 Å². The van der Waals surface area contributed by atoms with Gasteiger partial charge in [0.1, 0.15) is 0 Å². The Balaban J connectivity index is 2.00. The second-order valence-electron chi connectivity index (χ2n) is 5.51. The van der Waals surface area contributed by atoms with Crippen molar-refractivity contribution in [3.05, 3.63) is 59.2 Å². The summed E-state index contributed by atoms with van der Waals surface area (Å²) in [6.07, 6.45) is 2.08. The van der Waals surface area contributed by atoms with E-state index >= 15 is 0 Å². The van der Waals surface area contributed by atoms with E-state index in [1.165, 1.54) is 0 Å². The van der Waals surface area contributed by atoms with Gasteiger partial charge in [-0.3, -0.25) is 4.79 Å². The van der Waals surface area contributed by atoms with Gasteiger partial charge in [-0.2, -0.15) is 0 Å². The lowest BCUT2D eigenvalue weighted by Crippen LogP contribution is -2.08. The number of esters is 1. The van der Waals surface area contributed by atoms with Gasteiger partial charge in [-0.1, -0.05) is 11.6 Å². The topological polar surface area (TPSA) is 52.3 Å². The average Bonchev–Trinajstić information content (AvgIpc) is 3.06. The van der Waals surface area contributed by atoms with E-state index < -0.39 is 0 Å². The van der Waals surface area contributed by atoms with Crippen molar-refractivity contribution >= 4 is 29.3 Å². The number of hydrogen-bond acceptors (Lipinski definition) is 5. The predicted molar refractivity (Wildman–Crippen MR) is 105 cm³/mol. The van der Waals surface area contributed by atoms with Crippen LogP contribution in [0.4, 0.5) is 0 Å². The first kappa shape index (κ1) is 18.5. The molecule has 0 amide bonds. The zero-order chi connectivity index (χ0) is 18.5. The van der Waals surface area contributed by atoms with E-state index in [-0.39, 0.29) is 12.4 Å². The number of rotatable bonds is 6. The van der Waals surface area contributed by atoms with E-state index in [0.717, 1.165) is 16.0 Å². The van der Waals surface area contributed by atoms with Gasteiger partial charge in [-0.25, -0.2) is 4.98 Å². The molecule has 4 nitrogen and oxygen atoms in total. The molecular weight excluding hydrogens is 370 g/mol. The van der Waals surface area contributed by atoms with Gasteiger partial charge < -0.3 is 9.15 Å². The molecule has 0 saturated heterocycles. The Bertz CT molecular complexity index is 888. The predicted octanol–water partition coefficient (Wildman–Crippen LogP) is 5.49. The molecule has 6 heteroatoms. The van der Waals surface area contributed by atoms with Crippen molar-refractivity contribution in [1.29, 1.82) is 0 Å². The highest BCUT2D eigenvalue weighted by Gasteiger charge is 2.19. The molecule has 0 unspecified atom stereocenters. The van der Waals surface area contributed by atoms with Crippen molar-refractivity contribution < 1.29 is 13.9 Å². The van der Waals surface area contributed by atoms with Gasteiger partial charge in [-0.05, 0) is 61.7 Å². The number of carbonyl (C=O) groups excluding carboxylic acids is 1. The third-order valence-corrected chi connectivity index (χ3v) is 4.75. The van der Waals surface area contributed by atoms with Gasteiger partial charge in [0.2, 0.25) is 5.89 Å². The maximum Gasteiger partial charge on any atom is 0.312 e. The highest BCUT2D eigenvalue weighted by Crippen LogP contribution is 2.31. The lowest BCUT2D eigenvalue weighted by atomic mass is 10.1. The fourth-order valence-corrected chi connectivity index (χ4v) is 3.04. The fourth-order valence-electron chi connectivity index (χ4n) is 2.50. The molecule has 0 N–H and O–H groups in total. The van der Waals surface area contributed by atoms with Gasteiger partial charge >= 0.3 is 5.97 Å². The number of halogens is 1. The summed E-state index contributed by atoms with van der Waals surface area (Å²) in [6, 6.07) is 15.2. The lowest BCUT2D eigenvalue weighted by Gasteiger charge is -2.02. The largest absolute Gasteiger partial charge is 0.466 e. The molecule has 3 aromatic rings. The van der Waals surface area contributed by atoms with Crippen LogP contribution in [0.25, 0.3) is 22.8 Å². The van der Waals surface area contributed by atoms with Crippen LogP contribution in [-0.2, 0) is 16.0 Å². The monoisotopic (exact) mass is 387 g/mol. The number of nitrogens with zero attached hydrogens (tertiary/aromatic N) is 1. The number of benzene rings is 2. The molecule has 134 valence electrons. The van der Waals surface area contributed by atoms with Crippen LogP contribution in [0.1, 0.15) is 12.6 Å². The molecule has 0 radical (unpaired) electrons. The maximum absolute atomic E-state index is 12.0. The molecule has 0 saturated carbocycles. The highest BCUT2D eigenvalue weighted by molar-refractivity contribution is 7.98. The van der Waals surface area contributed by atoms with Crippen molar-refractivity contribution in [2.75, 3.05) is 12.9 Å². The van der Waals surface area contributed by atoms with Crippen molar-refractivity contribution in [2.24, 2.45) is 0 Å². The van der Waals surface area contributed by atoms with Crippen molar-refractivity contribution in [1.82, 2.24) is 4.98 Å². The molecule has 1 heterocycles. The van der Waals surface area contributed by atoms with Crippen LogP contribution in [0.15, 0.2) is 57.8 Å². The zero-order valence-corrected chi connectivity index (χ0v) is 16.1. The molecule has 0 aliphatic rings. The summed E-state index contributed by atoms with van der Waals surface area (Å²) in [4.78, 5) is 17.7. The first-order chi connectivity index (χ1) is 12.6. The Kier molecular flexibility index (Phi) is 6.01. The molecule has 26 heavy (non-hydrogen) atoms. The third-order valence-electron chi connectivity index (χ3n) is 3.76. The molecular formula is C20H18ClNO3S. The molecule has 2 aromatic carbocycles. The number of aromatic nitrogens is 1. The Morgan fingerprint density at radius 2 is 1.77 bits per heavy atom. The van der Waals surface area contributed by atoms with Crippen LogP contribution in [0.2, 0.25) is 5.02 Å². The zero-order valence-electron chi connectivity index (χ0n) is 14.5. The smallest absolute Gasteiger partial charge is 0.312 e. The molecule has 0 spiro atoms. The summed E-state index contributed by atoms with van der Waals surface area (Å²) in [5.74, 6) is 0.695. The van der Waals surface area contributed by atoms with Crippen LogP contribution in [-0.4, -0.2) is 23.8 Å². The van der Waals surface area contributed by atoms with Gasteiger partial charge in [0.15, 0.2) is 5.76 Å². The summed E-state index contributed by atoms with van der Waals surface area (Å²) >= 11 is 7.64. The average molecular weight is 388 g/mol. The van der Waals surface area contributed by atoms with Crippen LogP contribution in [0.3, 0.4) is 0 Å². The summed E-state index contributed by atoms with van der Waals surface area (Å²) in [5, 5.41) is 0.632. The molecule has 0 aliphatic heterocycles. The van der Waals surface area contributed by atoms with Crippen LogP contribution in [0.5, 0.6) is 0 Å². The standard InChI is InChI=1S/C20H18ClNO3S/c1-3-24-18(23)12-17-19(13-4-8-15(21)9-5-13)25-20(22-17)14-6-10-16(26-2)11-7-14/h4-11H,3,12H2,1-2H3. The van der Waals surface area contributed by atoms with E-state index in [2.05, 4.69) is 4.98 Å². The van der Waals surface area contributed by atoms with Gasteiger partial charge in [-0.15, -0.1) is 11.8 Å². The van der Waals surface area contributed by atoms with E-state index in [4.69, 9.17) is 20.8 Å². The van der Waals surface area contributed by atoms with E-state index in [1.807, 2.05) is 42.7 Å². The highest BCUT2D eigenvalue weighted by atomic mass is 35.5. The number of thioether (sulfide) groups is 1. The van der Waals surface area contributed by atoms with Gasteiger partial charge in [0, 0.05) is 21.0 Å². The van der Waals surface area contributed by atoms with Crippen LogP contribution >= 0.6 is 23.4 Å². The molecule has 3 rings (SSSR count). The Hall–Kier alpha value is -2.24. The van der Waals surface area contributed by atoms with Gasteiger partial charge in [0.05, 0.1) is 18.7 Å². The van der Waals surface area contributed by atoms with Crippen LogP contribution in [0, 0.1) is 0 Å². The second-order valence-corrected chi connectivity index (χ2v) is 6.83. The second kappa shape index (κ2) is 8.43. The Labute approximate surface area is 161 Å². The number of ether oxygens (including phenoxy) is 1. The summed E-state index contributed by atoms with van der Waals surface area (Å²) in [6.45, 7) is 2.11. The lowest BCUT2D eigenvalue weighted by molar-refractivity contribution is -0.142. The fraction of sp³-hybridized carbons (Fsp3) is 0.200. The van der Waals surface area contributed by atoms with Crippen molar-refractivity contribution in [3.63, 3.8) is 0 Å². The quantitative estimate of drug-likeness (QED) is 0.413. The minimum atomic E-state index is -0.333. The van der Waals surface area contributed by atoms with E-state index in [9.17, 15) is 4.79 Å². The van der Waals surface area contributed by atoms with E-state index in [1.54, 1.807) is 30.8 Å². The molecule has 0 bridgehead atoms. The maximum atomic E-state index is 12.0. The molecule has 0 aliphatic carbocycles. The first-order valence-corrected chi connectivity index (χ1v) is 9.76.